The number of rotatable bonds is 4. The van der Waals surface area contributed by atoms with Crippen molar-refractivity contribution in [3.05, 3.63) is 24.2 Å². The van der Waals surface area contributed by atoms with Gasteiger partial charge in [0.25, 0.3) is 0 Å². The summed E-state index contributed by atoms with van der Waals surface area (Å²) >= 11 is 0. The van der Waals surface area contributed by atoms with E-state index < -0.39 is 0 Å². The Morgan fingerprint density at radius 2 is 1.70 bits per heavy atom. The summed E-state index contributed by atoms with van der Waals surface area (Å²) < 4.78 is 5.55. The molecule has 2 nitrogen and oxygen atoms in total. The van der Waals surface area contributed by atoms with Crippen LogP contribution in [0.2, 0.25) is 0 Å². The predicted octanol–water partition coefficient (Wildman–Crippen LogP) is 4.54. The second-order valence-corrected chi connectivity index (χ2v) is 7.91. The van der Waals surface area contributed by atoms with Gasteiger partial charge in [-0.2, -0.15) is 0 Å². The Balaban J connectivity index is 1.49. The number of nitrogens with one attached hydrogen (secondary N) is 1. The zero-order valence-electron chi connectivity index (χ0n) is 12.8. The van der Waals surface area contributed by atoms with E-state index in [1.54, 1.807) is 6.26 Å². The lowest BCUT2D eigenvalue weighted by Gasteiger charge is -2.59. The second-order valence-electron chi connectivity index (χ2n) is 7.91. The van der Waals surface area contributed by atoms with Crippen LogP contribution in [-0.4, -0.2) is 6.04 Å². The van der Waals surface area contributed by atoms with Crippen LogP contribution in [0.3, 0.4) is 0 Å². The van der Waals surface area contributed by atoms with Crippen molar-refractivity contribution in [1.29, 1.82) is 0 Å². The van der Waals surface area contributed by atoms with Gasteiger partial charge in [-0.15, -0.1) is 0 Å². The Labute approximate surface area is 122 Å². The highest BCUT2D eigenvalue weighted by atomic mass is 16.3. The van der Waals surface area contributed by atoms with Crippen molar-refractivity contribution >= 4 is 0 Å². The summed E-state index contributed by atoms with van der Waals surface area (Å²) in [6, 6.07) is 5.01. The van der Waals surface area contributed by atoms with Gasteiger partial charge in [0, 0.05) is 6.04 Å². The highest BCUT2D eigenvalue weighted by molar-refractivity contribution is 5.08. The van der Waals surface area contributed by atoms with Gasteiger partial charge < -0.3 is 9.73 Å². The average molecular weight is 273 g/mol. The molecule has 2 heteroatoms. The molecule has 1 N–H and O–H groups in total. The minimum absolute atomic E-state index is 0.327. The minimum Gasteiger partial charge on any atom is -0.468 e. The summed E-state index contributed by atoms with van der Waals surface area (Å²) in [5.74, 6) is 4.17. The van der Waals surface area contributed by atoms with Crippen LogP contribution in [0.25, 0.3) is 0 Å². The fourth-order valence-corrected chi connectivity index (χ4v) is 5.88. The summed E-state index contributed by atoms with van der Waals surface area (Å²) in [5, 5.41) is 3.85. The Kier molecular flexibility index (Phi) is 2.99. The Hall–Kier alpha value is -0.760. The molecule has 0 aromatic carbocycles. The van der Waals surface area contributed by atoms with Gasteiger partial charge in [0.05, 0.1) is 12.3 Å². The molecule has 4 fully saturated rings. The van der Waals surface area contributed by atoms with Crippen LogP contribution in [0.15, 0.2) is 22.8 Å². The summed E-state index contributed by atoms with van der Waals surface area (Å²) in [7, 11) is 0. The molecule has 0 spiro atoms. The molecular weight excluding hydrogens is 246 g/mol. The van der Waals surface area contributed by atoms with Crippen LogP contribution in [0.4, 0.5) is 0 Å². The van der Waals surface area contributed by atoms with Gasteiger partial charge in [-0.25, -0.2) is 0 Å². The van der Waals surface area contributed by atoms with E-state index in [0.717, 1.165) is 23.5 Å². The van der Waals surface area contributed by atoms with Crippen molar-refractivity contribution in [3.8, 4) is 0 Å². The van der Waals surface area contributed by atoms with E-state index >= 15 is 0 Å². The van der Waals surface area contributed by atoms with Crippen molar-refractivity contribution in [2.75, 3.05) is 0 Å². The Morgan fingerprint density at radius 3 is 2.20 bits per heavy atom. The normalized spacial score (nSPS) is 41.8. The first-order valence-electron chi connectivity index (χ1n) is 8.44. The maximum Gasteiger partial charge on any atom is 0.120 e. The van der Waals surface area contributed by atoms with Crippen LogP contribution in [-0.2, 0) is 0 Å². The van der Waals surface area contributed by atoms with Crippen LogP contribution < -0.4 is 5.32 Å². The minimum atomic E-state index is 0.327. The molecule has 0 aliphatic heterocycles. The second kappa shape index (κ2) is 4.62. The van der Waals surface area contributed by atoms with Crippen LogP contribution in [0.1, 0.15) is 64.2 Å². The molecule has 110 valence electrons. The molecule has 2 atom stereocenters. The summed E-state index contributed by atoms with van der Waals surface area (Å²) in [4.78, 5) is 0. The number of furan rings is 1. The standard InChI is InChI=1S/C18H27NO/c1-12(17-4-3-5-20-17)19-13(2)18-9-14-6-15(10-18)8-16(7-14)11-18/h3-5,12-16,19H,6-11H2,1-2H3/t12-,13?,14?,15?,16?,18?/m0/s1. The molecule has 5 rings (SSSR count). The van der Waals surface area contributed by atoms with E-state index in [0.29, 0.717) is 17.5 Å². The first-order valence-corrected chi connectivity index (χ1v) is 8.44. The van der Waals surface area contributed by atoms with Crippen molar-refractivity contribution in [2.24, 2.45) is 23.2 Å². The molecule has 1 unspecified atom stereocenters. The summed E-state index contributed by atoms with van der Waals surface area (Å²) in [6.07, 6.45) is 10.8. The SMILES string of the molecule is CC(N[C@@H](C)c1ccco1)C12CC3CC(CC(C3)C1)C2. The molecule has 1 aromatic rings. The zero-order chi connectivity index (χ0) is 13.7. The first kappa shape index (κ1) is 12.9. The highest BCUT2D eigenvalue weighted by Gasteiger charge is 2.53. The third-order valence-electron chi connectivity index (χ3n) is 6.47. The van der Waals surface area contributed by atoms with Gasteiger partial charge in [-0.3, -0.25) is 0 Å². The number of hydrogen-bond acceptors (Lipinski definition) is 2. The fraction of sp³-hybridized carbons (Fsp3) is 0.778. The lowest BCUT2D eigenvalue weighted by molar-refractivity contribution is -0.0722. The lowest BCUT2D eigenvalue weighted by Crippen LogP contribution is -2.55. The van der Waals surface area contributed by atoms with E-state index in [2.05, 4.69) is 25.2 Å². The predicted molar refractivity (Wildman–Crippen MR) is 80.3 cm³/mol. The number of hydrogen-bond donors (Lipinski definition) is 1. The molecular formula is C18H27NO. The topological polar surface area (TPSA) is 25.2 Å². The zero-order valence-corrected chi connectivity index (χ0v) is 12.8. The van der Waals surface area contributed by atoms with Gasteiger partial charge in [-0.1, -0.05) is 0 Å². The molecule has 4 saturated carbocycles. The third-order valence-corrected chi connectivity index (χ3v) is 6.47. The fourth-order valence-electron chi connectivity index (χ4n) is 5.88. The van der Waals surface area contributed by atoms with Crippen LogP contribution >= 0.6 is 0 Å². The van der Waals surface area contributed by atoms with Gasteiger partial charge in [0.1, 0.15) is 5.76 Å². The molecule has 0 amide bonds. The van der Waals surface area contributed by atoms with Crippen molar-refractivity contribution in [1.82, 2.24) is 5.32 Å². The van der Waals surface area contributed by atoms with Crippen molar-refractivity contribution in [2.45, 2.75) is 64.5 Å². The molecule has 4 aliphatic carbocycles. The Bertz CT molecular complexity index is 428. The van der Waals surface area contributed by atoms with E-state index in [9.17, 15) is 0 Å². The lowest BCUT2D eigenvalue weighted by atomic mass is 9.48. The molecule has 4 bridgehead atoms. The van der Waals surface area contributed by atoms with Crippen molar-refractivity contribution in [3.63, 3.8) is 0 Å². The van der Waals surface area contributed by atoms with Gasteiger partial charge >= 0.3 is 0 Å². The molecule has 1 aromatic heterocycles. The van der Waals surface area contributed by atoms with Gasteiger partial charge in [-0.05, 0) is 87.7 Å². The molecule has 4 aliphatic rings. The van der Waals surface area contributed by atoms with Crippen LogP contribution in [0.5, 0.6) is 0 Å². The summed E-state index contributed by atoms with van der Waals surface area (Å²) in [6.45, 7) is 4.66. The van der Waals surface area contributed by atoms with E-state index in [4.69, 9.17) is 4.42 Å². The largest absolute Gasteiger partial charge is 0.468 e. The highest BCUT2D eigenvalue weighted by Crippen LogP contribution is 2.61. The van der Waals surface area contributed by atoms with Crippen molar-refractivity contribution < 1.29 is 4.42 Å². The average Bonchev–Trinajstić information content (AvgIpc) is 2.90. The molecule has 20 heavy (non-hydrogen) atoms. The monoisotopic (exact) mass is 273 g/mol. The molecule has 0 saturated heterocycles. The molecule has 1 heterocycles. The van der Waals surface area contributed by atoms with Gasteiger partial charge in [0.15, 0.2) is 0 Å². The maximum atomic E-state index is 5.55. The third kappa shape index (κ3) is 2.04. The smallest absolute Gasteiger partial charge is 0.120 e. The first-order chi connectivity index (χ1) is 9.64. The molecule has 0 radical (unpaired) electrons. The van der Waals surface area contributed by atoms with Crippen LogP contribution in [0, 0.1) is 23.2 Å². The maximum absolute atomic E-state index is 5.55. The van der Waals surface area contributed by atoms with E-state index in [1.807, 2.05) is 6.07 Å². The van der Waals surface area contributed by atoms with E-state index in [-0.39, 0.29) is 0 Å². The van der Waals surface area contributed by atoms with E-state index in [1.165, 1.54) is 38.5 Å². The van der Waals surface area contributed by atoms with Gasteiger partial charge in [0.2, 0.25) is 0 Å². The quantitative estimate of drug-likeness (QED) is 0.871. The Morgan fingerprint density at radius 1 is 1.10 bits per heavy atom. The summed E-state index contributed by atoms with van der Waals surface area (Å²) in [5.41, 5.74) is 0.579.